The van der Waals surface area contributed by atoms with Crippen LogP contribution in [0.4, 0.5) is 19.0 Å². The average Bonchev–Trinajstić information content (AvgIpc) is 3.70. The summed E-state index contributed by atoms with van der Waals surface area (Å²) >= 11 is 0. The smallest absolute Gasteiger partial charge is 0.345 e. The largest absolute Gasteiger partial charge is 0.433 e. The van der Waals surface area contributed by atoms with Crippen molar-refractivity contribution in [1.29, 1.82) is 0 Å². The maximum Gasteiger partial charge on any atom is 0.433 e. The van der Waals surface area contributed by atoms with Crippen molar-refractivity contribution in [3.8, 4) is 11.1 Å². The van der Waals surface area contributed by atoms with E-state index in [0.717, 1.165) is 42.0 Å². The Balaban J connectivity index is 1.21. The molecule has 15 heteroatoms. The van der Waals surface area contributed by atoms with Crippen LogP contribution in [0.15, 0.2) is 36.7 Å². The van der Waals surface area contributed by atoms with E-state index in [1.54, 1.807) is 47.8 Å². The molecule has 9 rings (SSSR count). The van der Waals surface area contributed by atoms with E-state index >= 15 is 0 Å². The molecule has 2 saturated heterocycles. The number of carbonyl (C=O) groups is 4. The third kappa shape index (κ3) is 5.97. The predicted octanol–water partition coefficient (Wildman–Crippen LogP) is 5.79. The van der Waals surface area contributed by atoms with Crippen LogP contribution >= 0.6 is 0 Å². The summed E-state index contributed by atoms with van der Waals surface area (Å²) in [5.41, 5.74) is 1.35. The SMILES string of the molecule is CC(=O)c1nn2c3c(cc(-c4cnc(C)nc4)cc13)CCCCCC(C)(C)C(=O)N(C)C[C@]13C4C1[C@H]3N(C(=O)C2)[C@@H]4C(=O)Nc1nc(C(F)(F)F)ccc1C. The molecule has 0 radical (unpaired) electrons. The highest BCUT2D eigenvalue weighted by Crippen LogP contribution is 2.87. The summed E-state index contributed by atoms with van der Waals surface area (Å²) in [4.78, 5) is 71.5. The number of hydrogen-bond acceptors (Lipinski definition) is 8. The Bertz CT molecular complexity index is 2290. The van der Waals surface area contributed by atoms with Crippen molar-refractivity contribution in [3.05, 3.63) is 65.0 Å². The molecule has 1 N–H and O–H groups in total. The Hall–Kier alpha value is -5.21. The number of aryl methyl sites for hydroxylation is 3. The minimum absolute atomic E-state index is 0.0163. The summed E-state index contributed by atoms with van der Waals surface area (Å²) in [6.07, 6.45) is 2.46. The number of aromatic nitrogens is 5. The molecule has 5 aliphatic rings. The highest BCUT2D eigenvalue weighted by Gasteiger charge is 2.96. The van der Waals surface area contributed by atoms with Gasteiger partial charge in [0, 0.05) is 66.6 Å². The van der Waals surface area contributed by atoms with Crippen molar-refractivity contribution in [2.45, 2.75) is 91.5 Å². The van der Waals surface area contributed by atoms with Gasteiger partial charge in [-0.3, -0.25) is 23.9 Å². The number of nitrogens with zero attached hydrogens (tertiary/aromatic N) is 7. The van der Waals surface area contributed by atoms with E-state index in [1.165, 1.54) is 13.0 Å². The van der Waals surface area contributed by atoms with Gasteiger partial charge in [0.1, 0.15) is 35.6 Å². The van der Waals surface area contributed by atoms with Crippen LogP contribution in [0.3, 0.4) is 0 Å². The van der Waals surface area contributed by atoms with Gasteiger partial charge in [-0.05, 0) is 73.9 Å². The maximum absolute atomic E-state index is 14.6. The molecule has 2 aliphatic carbocycles. The number of rotatable bonds is 4. The lowest BCUT2D eigenvalue weighted by Gasteiger charge is -2.31. The number of hydrogen-bond donors (Lipinski definition) is 1. The maximum atomic E-state index is 14.6. The first-order valence-electron chi connectivity index (χ1n) is 18.7. The molecule has 4 bridgehead atoms. The van der Waals surface area contributed by atoms with Gasteiger partial charge in [0.25, 0.3) is 0 Å². The van der Waals surface area contributed by atoms with Gasteiger partial charge in [0.05, 0.1) is 5.52 Å². The molecule has 4 fully saturated rings. The van der Waals surface area contributed by atoms with Gasteiger partial charge in [0.2, 0.25) is 17.7 Å². The third-order valence-electron chi connectivity index (χ3n) is 12.3. The third-order valence-corrected chi connectivity index (χ3v) is 12.3. The van der Waals surface area contributed by atoms with Crippen LogP contribution in [-0.4, -0.2) is 83.7 Å². The average molecular weight is 757 g/mol. The van der Waals surface area contributed by atoms with Gasteiger partial charge >= 0.3 is 6.18 Å². The fraction of sp³-hybridized carbons (Fsp3) is 0.500. The van der Waals surface area contributed by atoms with Crippen molar-refractivity contribution < 1.29 is 32.3 Å². The van der Waals surface area contributed by atoms with E-state index in [0.29, 0.717) is 41.7 Å². The number of amides is 3. The summed E-state index contributed by atoms with van der Waals surface area (Å²) in [5, 5.41) is 7.91. The number of anilines is 1. The molecule has 3 amide bonds. The lowest BCUT2D eigenvalue weighted by molar-refractivity contribution is -0.141. The number of ketones is 1. The zero-order chi connectivity index (χ0) is 39.4. The van der Waals surface area contributed by atoms with Crippen LogP contribution in [0.5, 0.6) is 0 Å². The molecule has 2 saturated carbocycles. The first-order chi connectivity index (χ1) is 25.9. The van der Waals surface area contributed by atoms with Gasteiger partial charge in [-0.15, -0.1) is 0 Å². The number of benzene rings is 1. The topological polar surface area (TPSA) is 143 Å². The predicted molar refractivity (Wildman–Crippen MR) is 196 cm³/mol. The molecule has 12 nitrogen and oxygen atoms in total. The zero-order valence-corrected chi connectivity index (χ0v) is 31.6. The summed E-state index contributed by atoms with van der Waals surface area (Å²) in [7, 11) is 1.76. The van der Waals surface area contributed by atoms with Gasteiger partial charge in [-0.1, -0.05) is 32.8 Å². The molecular weight excluding hydrogens is 713 g/mol. The first kappa shape index (κ1) is 36.8. The van der Waals surface area contributed by atoms with Crippen molar-refractivity contribution in [2.24, 2.45) is 22.7 Å². The zero-order valence-electron chi connectivity index (χ0n) is 31.6. The molecule has 55 heavy (non-hydrogen) atoms. The highest BCUT2D eigenvalue weighted by atomic mass is 19.4. The van der Waals surface area contributed by atoms with Gasteiger partial charge in [-0.25, -0.2) is 15.0 Å². The van der Waals surface area contributed by atoms with Crippen molar-refractivity contribution in [1.82, 2.24) is 34.5 Å². The first-order valence-corrected chi connectivity index (χ1v) is 18.7. The molecule has 288 valence electrons. The summed E-state index contributed by atoms with van der Waals surface area (Å²) in [6, 6.07) is 4.65. The summed E-state index contributed by atoms with van der Waals surface area (Å²) in [5.74, 6) is -1.28. The Kier molecular flexibility index (Phi) is 8.46. The van der Waals surface area contributed by atoms with Gasteiger partial charge < -0.3 is 15.1 Å². The molecule has 1 aromatic carbocycles. The number of alkyl halides is 3. The minimum Gasteiger partial charge on any atom is -0.345 e. The molecule has 1 spiro atoms. The van der Waals surface area contributed by atoms with E-state index in [1.807, 2.05) is 26.0 Å². The highest BCUT2D eigenvalue weighted by molar-refractivity contribution is 6.07. The number of Topliss-reactive ketones (excluding diaryl/α,β-unsaturated/α-hetero) is 1. The molecule has 4 aromatic rings. The second-order valence-electron chi connectivity index (χ2n) is 16.4. The molecule has 2 unspecified atom stereocenters. The number of piperidine rings is 1. The fourth-order valence-electron chi connectivity index (χ4n) is 9.49. The molecule has 3 aliphatic heterocycles. The van der Waals surface area contributed by atoms with Crippen molar-refractivity contribution in [2.75, 3.05) is 18.9 Å². The minimum atomic E-state index is -4.72. The van der Waals surface area contributed by atoms with Crippen molar-refractivity contribution in [3.63, 3.8) is 0 Å². The molecular formula is C40H43F3N8O4. The Morgan fingerprint density at radius 2 is 1.71 bits per heavy atom. The van der Waals surface area contributed by atoms with Crippen molar-refractivity contribution >= 4 is 40.2 Å². The monoisotopic (exact) mass is 756 g/mol. The Morgan fingerprint density at radius 1 is 0.982 bits per heavy atom. The molecule has 3 aromatic heterocycles. The van der Waals surface area contributed by atoms with E-state index in [4.69, 9.17) is 5.10 Å². The van der Waals surface area contributed by atoms with Crippen LogP contribution in [0, 0.1) is 36.5 Å². The van der Waals surface area contributed by atoms with Crippen LogP contribution in [0.1, 0.15) is 79.6 Å². The Labute approximate surface area is 315 Å². The quantitative estimate of drug-likeness (QED) is 0.258. The number of carbonyl (C=O) groups excluding carboxylic acids is 4. The van der Waals surface area contributed by atoms with Gasteiger partial charge in [0.15, 0.2) is 5.78 Å². The van der Waals surface area contributed by atoms with E-state index < -0.39 is 40.6 Å². The lowest BCUT2D eigenvalue weighted by Crippen LogP contribution is -2.45. The lowest BCUT2D eigenvalue weighted by atomic mass is 9.85. The standard InChI is InChI=1S/C40H43F3N8O4/c1-20-11-12-27(40(41,42)43)46-35(20)47-36(54)33-29-30-34-39(29,30)19-49(6)37(55)38(4,5)13-9-7-8-10-23-14-24(25-16-44-22(3)45-17-25)15-26-31(21(2)52)48-50(32(23)26)18-28(53)51(33)34/h11-12,14-17,29-30,33-34H,7-10,13,18-19H2,1-6H3,(H,46,47,54)/t29?,30?,33-,34+,39-/m0/s1. The number of pyridine rings is 1. The van der Waals surface area contributed by atoms with Crippen LogP contribution in [0.25, 0.3) is 22.0 Å². The normalized spacial score (nSPS) is 26.1. The molecule has 6 heterocycles. The second-order valence-corrected chi connectivity index (χ2v) is 16.4. The van der Waals surface area contributed by atoms with Gasteiger partial charge in [-0.2, -0.15) is 18.3 Å². The van der Waals surface area contributed by atoms with Crippen LogP contribution < -0.4 is 5.32 Å². The fourth-order valence-corrected chi connectivity index (χ4v) is 9.49. The van der Waals surface area contributed by atoms with E-state index in [-0.39, 0.29) is 47.6 Å². The van der Waals surface area contributed by atoms with Crippen LogP contribution in [-0.2, 0) is 33.5 Å². The summed E-state index contributed by atoms with van der Waals surface area (Å²) in [6.45, 7) is 8.73. The number of nitrogens with one attached hydrogen (secondary N) is 1. The number of halogens is 3. The molecule has 5 atom stereocenters. The van der Waals surface area contributed by atoms with E-state index in [2.05, 4.69) is 20.3 Å². The Morgan fingerprint density at radius 3 is 2.40 bits per heavy atom. The second kappa shape index (κ2) is 12.7. The van der Waals surface area contributed by atoms with Crippen LogP contribution in [0.2, 0.25) is 0 Å². The van der Waals surface area contributed by atoms with E-state index in [9.17, 15) is 32.3 Å². The summed E-state index contributed by atoms with van der Waals surface area (Å²) < 4.78 is 42.4.